The van der Waals surface area contributed by atoms with Crippen LogP contribution in [0.3, 0.4) is 0 Å². The molecule has 0 saturated heterocycles. The highest BCUT2D eigenvalue weighted by molar-refractivity contribution is 5.49. The van der Waals surface area contributed by atoms with Gasteiger partial charge in [0.2, 0.25) is 0 Å². The Morgan fingerprint density at radius 3 is 2.54 bits per heavy atom. The van der Waals surface area contributed by atoms with Crippen molar-refractivity contribution in [3.8, 4) is 11.5 Å². The van der Waals surface area contributed by atoms with Crippen LogP contribution in [0.2, 0.25) is 0 Å². The maximum Gasteiger partial charge on any atom is 0.161 e. The van der Waals surface area contributed by atoms with Crippen LogP contribution in [0.1, 0.15) is 28.9 Å². The second kappa shape index (κ2) is 8.54. The molecule has 0 aromatic heterocycles. The highest BCUT2D eigenvalue weighted by Crippen LogP contribution is 2.37. The third kappa shape index (κ3) is 4.18. The second-order valence-electron chi connectivity index (χ2n) is 6.66. The molecule has 1 heterocycles. The summed E-state index contributed by atoms with van der Waals surface area (Å²) < 4.78 is 16.9. The highest BCUT2D eigenvalue weighted by atomic mass is 16.5. The zero-order valence-electron chi connectivity index (χ0n) is 15.6. The molecule has 5 heteroatoms. The minimum atomic E-state index is -0.519. The predicted molar refractivity (Wildman–Crippen MR) is 101 cm³/mol. The Bertz CT molecular complexity index is 719. The van der Waals surface area contributed by atoms with E-state index in [9.17, 15) is 5.11 Å². The average Bonchev–Trinajstić information content (AvgIpc) is 2.67. The lowest BCUT2D eigenvalue weighted by atomic mass is 9.96. The van der Waals surface area contributed by atoms with Crippen molar-refractivity contribution in [2.75, 3.05) is 41.0 Å². The maximum absolute atomic E-state index is 10.4. The Kier molecular flexibility index (Phi) is 6.14. The fourth-order valence-corrected chi connectivity index (χ4v) is 3.44. The minimum absolute atomic E-state index is 0.0495. The van der Waals surface area contributed by atoms with Crippen LogP contribution in [0.15, 0.2) is 42.5 Å². The largest absolute Gasteiger partial charge is 0.493 e. The number of benzene rings is 2. The van der Waals surface area contributed by atoms with E-state index in [0.29, 0.717) is 25.4 Å². The van der Waals surface area contributed by atoms with Crippen LogP contribution < -0.4 is 9.47 Å². The summed E-state index contributed by atoms with van der Waals surface area (Å²) in [5.41, 5.74) is 3.29. The third-order valence-corrected chi connectivity index (χ3v) is 4.83. The van der Waals surface area contributed by atoms with Crippen LogP contribution in [-0.4, -0.2) is 51.0 Å². The SMILES string of the molecule is COc1cc2c(cc1OC)C(CN(C)CC(O)c1ccccc1)OCC2. The number of likely N-dealkylation sites (N-methyl/N-ethyl adjacent to an activating group) is 1. The lowest BCUT2D eigenvalue weighted by Crippen LogP contribution is -2.32. The molecule has 5 nitrogen and oxygen atoms in total. The van der Waals surface area contributed by atoms with Gasteiger partial charge in [0, 0.05) is 13.1 Å². The number of aliphatic hydroxyl groups is 1. The summed E-state index contributed by atoms with van der Waals surface area (Å²) in [7, 11) is 5.30. The molecule has 1 aliphatic rings. The van der Waals surface area contributed by atoms with Crippen LogP contribution in [0.25, 0.3) is 0 Å². The number of nitrogens with zero attached hydrogens (tertiary/aromatic N) is 1. The minimum Gasteiger partial charge on any atom is -0.493 e. The second-order valence-corrected chi connectivity index (χ2v) is 6.66. The summed E-state index contributed by atoms with van der Waals surface area (Å²) in [6.45, 7) is 1.93. The summed E-state index contributed by atoms with van der Waals surface area (Å²) in [6, 6.07) is 13.8. The predicted octanol–water partition coefficient (Wildman–Crippen LogP) is 2.98. The molecule has 0 fully saturated rings. The molecule has 2 atom stereocenters. The Hall–Kier alpha value is -2.08. The molecule has 26 heavy (non-hydrogen) atoms. The number of methoxy groups -OCH3 is 2. The number of ether oxygens (including phenoxy) is 3. The van der Waals surface area contributed by atoms with Gasteiger partial charge >= 0.3 is 0 Å². The van der Waals surface area contributed by atoms with Gasteiger partial charge < -0.3 is 24.2 Å². The van der Waals surface area contributed by atoms with E-state index in [1.807, 2.05) is 49.5 Å². The zero-order valence-corrected chi connectivity index (χ0v) is 15.6. The monoisotopic (exact) mass is 357 g/mol. The van der Waals surface area contributed by atoms with Gasteiger partial charge in [-0.2, -0.15) is 0 Å². The Balaban J connectivity index is 1.71. The molecule has 0 saturated carbocycles. The fourth-order valence-electron chi connectivity index (χ4n) is 3.44. The van der Waals surface area contributed by atoms with E-state index in [1.165, 1.54) is 5.56 Å². The van der Waals surface area contributed by atoms with E-state index in [4.69, 9.17) is 14.2 Å². The van der Waals surface area contributed by atoms with Gasteiger partial charge in [-0.25, -0.2) is 0 Å². The summed E-state index contributed by atoms with van der Waals surface area (Å²) >= 11 is 0. The van der Waals surface area contributed by atoms with Gasteiger partial charge in [-0.05, 0) is 42.3 Å². The van der Waals surface area contributed by atoms with E-state index in [2.05, 4.69) is 4.90 Å². The van der Waals surface area contributed by atoms with Crippen molar-refractivity contribution in [3.05, 3.63) is 59.2 Å². The molecule has 0 aliphatic carbocycles. The van der Waals surface area contributed by atoms with Crippen molar-refractivity contribution in [2.45, 2.75) is 18.6 Å². The van der Waals surface area contributed by atoms with Gasteiger partial charge in [-0.15, -0.1) is 0 Å². The van der Waals surface area contributed by atoms with Crippen molar-refractivity contribution >= 4 is 0 Å². The van der Waals surface area contributed by atoms with Crippen LogP contribution in [0, 0.1) is 0 Å². The molecule has 3 rings (SSSR count). The molecule has 140 valence electrons. The number of fused-ring (bicyclic) bond motifs is 1. The van der Waals surface area contributed by atoms with E-state index >= 15 is 0 Å². The van der Waals surface area contributed by atoms with Crippen molar-refractivity contribution < 1.29 is 19.3 Å². The van der Waals surface area contributed by atoms with E-state index in [1.54, 1.807) is 14.2 Å². The van der Waals surface area contributed by atoms with Crippen molar-refractivity contribution in [1.29, 1.82) is 0 Å². The average molecular weight is 357 g/mol. The summed E-state index contributed by atoms with van der Waals surface area (Å²) in [5.74, 6) is 1.47. The Labute approximate surface area is 155 Å². The molecule has 0 amide bonds. The van der Waals surface area contributed by atoms with Crippen LogP contribution in [0.4, 0.5) is 0 Å². The van der Waals surface area contributed by atoms with Crippen molar-refractivity contribution in [3.63, 3.8) is 0 Å². The Morgan fingerprint density at radius 1 is 1.15 bits per heavy atom. The standard InChI is InChI=1S/C21H27NO4/c1-22(13-18(23)15-7-5-4-6-8-15)14-21-17-12-20(25-3)19(24-2)11-16(17)9-10-26-21/h4-8,11-12,18,21,23H,9-10,13-14H2,1-3H3. The van der Waals surface area contributed by atoms with Crippen molar-refractivity contribution in [1.82, 2.24) is 4.90 Å². The van der Waals surface area contributed by atoms with Crippen molar-refractivity contribution in [2.24, 2.45) is 0 Å². The van der Waals surface area contributed by atoms with Gasteiger partial charge in [0.1, 0.15) is 0 Å². The number of hydrogen-bond donors (Lipinski definition) is 1. The van der Waals surface area contributed by atoms with Gasteiger partial charge in [-0.1, -0.05) is 30.3 Å². The molecule has 2 unspecified atom stereocenters. The molecular formula is C21H27NO4. The molecule has 0 bridgehead atoms. The maximum atomic E-state index is 10.4. The van der Waals surface area contributed by atoms with Gasteiger partial charge in [-0.3, -0.25) is 0 Å². The summed E-state index contributed by atoms with van der Waals surface area (Å²) in [5, 5.41) is 10.4. The molecule has 2 aromatic carbocycles. The number of rotatable bonds is 7. The zero-order chi connectivity index (χ0) is 18.5. The first kappa shape index (κ1) is 18.7. The molecule has 0 spiro atoms. The summed E-state index contributed by atoms with van der Waals surface area (Å²) in [6.07, 6.45) is 0.295. The van der Waals surface area contributed by atoms with Gasteiger partial charge in [0.25, 0.3) is 0 Å². The topological polar surface area (TPSA) is 51.2 Å². The van der Waals surface area contributed by atoms with Gasteiger partial charge in [0.15, 0.2) is 11.5 Å². The lowest BCUT2D eigenvalue weighted by molar-refractivity contribution is 0.0117. The van der Waals surface area contributed by atoms with Gasteiger partial charge in [0.05, 0.1) is 33.0 Å². The number of aliphatic hydroxyl groups excluding tert-OH is 1. The van der Waals surface area contributed by atoms with Crippen LogP contribution in [0.5, 0.6) is 11.5 Å². The molecular weight excluding hydrogens is 330 g/mol. The fraction of sp³-hybridized carbons (Fsp3) is 0.429. The molecule has 2 aromatic rings. The van der Waals surface area contributed by atoms with E-state index in [-0.39, 0.29) is 6.10 Å². The lowest BCUT2D eigenvalue weighted by Gasteiger charge is -2.31. The third-order valence-electron chi connectivity index (χ3n) is 4.83. The Morgan fingerprint density at radius 2 is 1.85 bits per heavy atom. The number of hydrogen-bond acceptors (Lipinski definition) is 5. The smallest absolute Gasteiger partial charge is 0.161 e. The molecule has 1 N–H and O–H groups in total. The van der Waals surface area contributed by atoms with E-state index < -0.39 is 6.10 Å². The first-order chi connectivity index (χ1) is 12.6. The summed E-state index contributed by atoms with van der Waals surface area (Å²) in [4.78, 5) is 2.11. The van der Waals surface area contributed by atoms with Crippen LogP contribution in [-0.2, 0) is 11.2 Å². The highest BCUT2D eigenvalue weighted by Gasteiger charge is 2.25. The molecule has 1 aliphatic heterocycles. The first-order valence-corrected chi connectivity index (χ1v) is 8.90. The van der Waals surface area contributed by atoms with Crippen LogP contribution >= 0.6 is 0 Å². The van der Waals surface area contributed by atoms with E-state index in [0.717, 1.165) is 23.3 Å². The molecule has 0 radical (unpaired) electrons. The first-order valence-electron chi connectivity index (χ1n) is 8.90. The normalized spacial score (nSPS) is 17.7. The quantitative estimate of drug-likeness (QED) is 0.826.